The van der Waals surface area contributed by atoms with Crippen molar-refractivity contribution in [1.82, 2.24) is 0 Å². The molecule has 0 unspecified atom stereocenters. The maximum absolute atomic E-state index is 11.3. The predicted octanol–water partition coefficient (Wildman–Crippen LogP) is 1.02. The van der Waals surface area contributed by atoms with Gasteiger partial charge in [0.15, 0.2) is 0 Å². The number of rotatable bonds is 3. The third-order valence-corrected chi connectivity index (χ3v) is 4.13. The van der Waals surface area contributed by atoms with Crippen molar-refractivity contribution in [3.05, 3.63) is 23.8 Å². The molecular formula is C12H16N2O4S. The molecule has 19 heavy (non-hydrogen) atoms. The number of hydrogen-bond acceptors (Lipinski definition) is 4. The highest BCUT2D eigenvalue weighted by Gasteiger charge is 2.20. The number of nitrogens with two attached hydrogens (primary N) is 1. The van der Waals surface area contributed by atoms with Crippen molar-refractivity contribution in [1.29, 1.82) is 0 Å². The fraction of sp³-hybridized carbons (Fsp3) is 0.417. The van der Waals surface area contributed by atoms with Crippen molar-refractivity contribution >= 4 is 21.7 Å². The van der Waals surface area contributed by atoms with Crippen LogP contribution in [-0.4, -0.2) is 32.6 Å². The van der Waals surface area contributed by atoms with Gasteiger partial charge in [-0.2, -0.15) is 0 Å². The summed E-state index contributed by atoms with van der Waals surface area (Å²) in [6.45, 7) is 1.57. The molecule has 0 saturated carbocycles. The summed E-state index contributed by atoms with van der Waals surface area (Å²) in [5.41, 5.74) is 0.535. The van der Waals surface area contributed by atoms with E-state index in [0.29, 0.717) is 5.69 Å². The number of aromatic carboxylic acids is 1. The van der Waals surface area contributed by atoms with Gasteiger partial charge < -0.3 is 10.0 Å². The average Bonchev–Trinajstić information content (AvgIpc) is 2.38. The number of hydrogen-bond donors (Lipinski definition) is 2. The van der Waals surface area contributed by atoms with Crippen molar-refractivity contribution in [3.8, 4) is 0 Å². The van der Waals surface area contributed by atoms with Gasteiger partial charge >= 0.3 is 5.97 Å². The molecule has 0 radical (unpaired) electrons. The van der Waals surface area contributed by atoms with Gasteiger partial charge in [-0.3, -0.25) is 0 Å². The molecular weight excluding hydrogens is 268 g/mol. The molecule has 6 nitrogen and oxygen atoms in total. The largest absolute Gasteiger partial charge is 0.478 e. The first-order valence-corrected chi connectivity index (χ1v) is 7.59. The second-order valence-electron chi connectivity index (χ2n) is 4.58. The van der Waals surface area contributed by atoms with E-state index >= 15 is 0 Å². The van der Waals surface area contributed by atoms with Gasteiger partial charge in [0.05, 0.1) is 16.1 Å². The van der Waals surface area contributed by atoms with Crippen molar-refractivity contribution in [2.75, 3.05) is 18.0 Å². The Morgan fingerprint density at radius 2 is 1.84 bits per heavy atom. The predicted molar refractivity (Wildman–Crippen MR) is 70.8 cm³/mol. The van der Waals surface area contributed by atoms with Gasteiger partial charge in [-0.05, 0) is 37.5 Å². The Kier molecular flexibility index (Phi) is 3.77. The topological polar surface area (TPSA) is 101 Å². The molecule has 3 N–H and O–H groups in total. The smallest absolute Gasteiger partial charge is 0.337 e. The third-order valence-electron chi connectivity index (χ3n) is 3.22. The lowest BCUT2D eigenvalue weighted by Gasteiger charge is -2.30. The van der Waals surface area contributed by atoms with Crippen LogP contribution in [0.15, 0.2) is 23.1 Å². The van der Waals surface area contributed by atoms with Crippen LogP contribution in [-0.2, 0) is 10.0 Å². The van der Waals surface area contributed by atoms with E-state index in [4.69, 9.17) is 5.14 Å². The first kappa shape index (κ1) is 13.8. The van der Waals surface area contributed by atoms with E-state index in [1.54, 1.807) is 0 Å². The Hall–Kier alpha value is -1.60. The fourth-order valence-electron chi connectivity index (χ4n) is 2.27. The summed E-state index contributed by atoms with van der Waals surface area (Å²) in [7, 11) is -3.89. The third kappa shape index (κ3) is 3.05. The van der Waals surface area contributed by atoms with E-state index in [-0.39, 0.29) is 10.5 Å². The SMILES string of the molecule is NS(=O)(=O)c1ccc(N2CCCCC2)c(C(=O)O)c1. The minimum absolute atomic E-state index is 0.0200. The second kappa shape index (κ2) is 5.18. The molecule has 2 rings (SSSR count). The van der Waals surface area contributed by atoms with E-state index in [2.05, 4.69) is 0 Å². The molecule has 1 aliphatic heterocycles. The number of carbonyl (C=O) groups is 1. The van der Waals surface area contributed by atoms with E-state index in [0.717, 1.165) is 38.4 Å². The standard InChI is InChI=1S/C12H16N2O4S/c13-19(17,18)9-4-5-11(10(8-9)12(15)16)14-6-2-1-3-7-14/h4-5,8H,1-3,6-7H2,(H,15,16)(H2,13,17,18). The summed E-state index contributed by atoms with van der Waals surface area (Å²) in [5.74, 6) is -1.15. The molecule has 1 fully saturated rings. The summed E-state index contributed by atoms with van der Waals surface area (Å²) in [5, 5.41) is 14.2. The van der Waals surface area contributed by atoms with Crippen LogP contribution in [0, 0.1) is 0 Å². The first-order chi connectivity index (χ1) is 8.89. The maximum atomic E-state index is 11.3. The molecule has 1 saturated heterocycles. The van der Waals surface area contributed by atoms with Crippen LogP contribution in [0.5, 0.6) is 0 Å². The minimum Gasteiger partial charge on any atom is -0.478 e. The molecule has 104 valence electrons. The Morgan fingerprint density at radius 1 is 1.21 bits per heavy atom. The summed E-state index contributed by atoms with van der Waals surface area (Å²) < 4.78 is 22.5. The lowest BCUT2D eigenvalue weighted by Crippen LogP contribution is -2.31. The van der Waals surface area contributed by atoms with Crippen LogP contribution in [0.25, 0.3) is 0 Å². The summed E-state index contributed by atoms with van der Waals surface area (Å²) in [6.07, 6.45) is 3.15. The lowest BCUT2D eigenvalue weighted by atomic mass is 10.1. The molecule has 7 heteroatoms. The Balaban J connectivity index is 2.46. The molecule has 0 amide bonds. The number of nitrogens with zero attached hydrogens (tertiary/aromatic N) is 1. The van der Waals surface area contributed by atoms with Crippen molar-refractivity contribution in [3.63, 3.8) is 0 Å². The molecule has 0 aliphatic carbocycles. The molecule has 0 aromatic heterocycles. The number of piperidine rings is 1. The molecule has 1 aliphatic rings. The van der Waals surface area contributed by atoms with Crippen LogP contribution in [0.4, 0.5) is 5.69 Å². The number of carboxylic acid groups (broad SMARTS) is 1. The average molecular weight is 284 g/mol. The lowest BCUT2D eigenvalue weighted by molar-refractivity contribution is 0.0697. The first-order valence-electron chi connectivity index (χ1n) is 6.04. The van der Waals surface area contributed by atoms with Crippen molar-refractivity contribution in [2.24, 2.45) is 5.14 Å². The number of anilines is 1. The number of primary sulfonamides is 1. The maximum Gasteiger partial charge on any atom is 0.337 e. The van der Waals surface area contributed by atoms with Crippen LogP contribution in [0.2, 0.25) is 0 Å². The van der Waals surface area contributed by atoms with Gasteiger partial charge in [0.25, 0.3) is 0 Å². The Labute approximate surface area is 111 Å². The van der Waals surface area contributed by atoms with Crippen molar-refractivity contribution < 1.29 is 18.3 Å². The zero-order valence-electron chi connectivity index (χ0n) is 10.4. The fourth-order valence-corrected chi connectivity index (χ4v) is 2.81. The van der Waals surface area contributed by atoms with Crippen molar-refractivity contribution in [2.45, 2.75) is 24.2 Å². The molecule has 1 aromatic rings. The van der Waals surface area contributed by atoms with E-state index in [1.807, 2.05) is 4.90 Å². The zero-order chi connectivity index (χ0) is 14.0. The Morgan fingerprint density at radius 3 is 2.37 bits per heavy atom. The van der Waals surface area contributed by atoms with Gasteiger partial charge in [-0.25, -0.2) is 18.4 Å². The number of carboxylic acids is 1. The van der Waals surface area contributed by atoms with Gasteiger partial charge in [0.2, 0.25) is 10.0 Å². The van der Waals surface area contributed by atoms with Gasteiger partial charge in [-0.1, -0.05) is 0 Å². The molecule has 1 aromatic carbocycles. The van der Waals surface area contributed by atoms with E-state index in [9.17, 15) is 18.3 Å². The summed E-state index contributed by atoms with van der Waals surface area (Å²) in [4.78, 5) is 13.1. The van der Waals surface area contributed by atoms with Crippen LogP contribution >= 0.6 is 0 Å². The van der Waals surface area contributed by atoms with E-state index < -0.39 is 16.0 Å². The monoisotopic (exact) mass is 284 g/mol. The highest BCUT2D eigenvalue weighted by Crippen LogP contribution is 2.26. The molecule has 1 heterocycles. The zero-order valence-corrected chi connectivity index (χ0v) is 11.2. The molecule has 0 bridgehead atoms. The highest BCUT2D eigenvalue weighted by atomic mass is 32.2. The van der Waals surface area contributed by atoms with Crippen LogP contribution < -0.4 is 10.0 Å². The Bertz CT molecular complexity index is 592. The normalized spacial score (nSPS) is 16.4. The quantitative estimate of drug-likeness (QED) is 0.863. The molecule has 0 spiro atoms. The number of sulfonamides is 1. The highest BCUT2D eigenvalue weighted by molar-refractivity contribution is 7.89. The van der Waals surface area contributed by atoms with Crippen LogP contribution in [0.1, 0.15) is 29.6 Å². The number of benzene rings is 1. The van der Waals surface area contributed by atoms with Crippen LogP contribution in [0.3, 0.4) is 0 Å². The second-order valence-corrected chi connectivity index (χ2v) is 6.14. The molecule has 0 atom stereocenters. The van der Waals surface area contributed by atoms with Gasteiger partial charge in [-0.15, -0.1) is 0 Å². The summed E-state index contributed by atoms with van der Waals surface area (Å²) in [6, 6.07) is 4.00. The van der Waals surface area contributed by atoms with Gasteiger partial charge in [0, 0.05) is 13.1 Å². The minimum atomic E-state index is -3.89. The van der Waals surface area contributed by atoms with E-state index in [1.165, 1.54) is 12.1 Å². The van der Waals surface area contributed by atoms with Gasteiger partial charge in [0.1, 0.15) is 0 Å². The summed E-state index contributed by atoms with van der Waals surface area (Å²) >= 11 is 0.